The van der Waals surface area contributed by atoms with Gasteiger partial charge in [0, 0.05) is 11.1 Å². The molecule has 0 radical (unpaired) electrons. The lowest BCUT2D eigenvalue weighted by atomic mass is 10.1. The third-order valence-electron chi connectivity index (χ3n) is 2.35. The van der Waals surface area contributed by atoms with Crippen molar-refractivity contribution in [2.75, 3.05) is 0 Å². The van der Waals surface area contributed by atoms with Gasteiger partial charge in [0.2, 0.25) is 0 Å². The Morgan fingerprint density at radius 2 is 1.67 bits per heavy atom. The van der Waals surface area contributed by atoms with Crippen LogP contribution in [0.3, 0.4) is 0 Å². The van der Waals surface area contributed by atoms with Gasteiger partial charge < -0.3 is 0 Å². The van der Waals surface area contributed by atoms with Crippen molar-refractivity contribution in [3.63, 3.8) is 0 Å². The highest BCUT2D eigenvalue weighted by Gasteiger charge is 2.06. The van der Waals surface area contributed by atoms with Crippen LogP contribution in [0.5, 0.6) is 0 Å². The molecule has 0 aliphatic heterocycles. The molecule has 1 aromatic heterocycles. The first-order valence-electron chi connectivity index (χ1n) is 4.72. The van der Waals surface area contributed by atoms with Crippen LogP contribution < -0.4 is 0 Å². The molecule has 0 saturated heterocycles. The lowest BCUT2D eigenvalue weighted by Gasteiger charge is -2.05. The summed E-state index contributed by atoms with van der Waals surface area (Å²) in [5.41, 5.74) is 4.12. The molecule has 0 aliphatic rings. The van der Waals surface area contributed by atoms with E-state index in [-0.39, 0.29) is 0 Å². The maximum Gasteiger partial charge on any atom is 0.135 e. The van der Waals surface area contributed by atoms with Gasteiger partial charge in [0.05, 0.1) is 5.69 Å². The molecule has 0 aliphatic carbocycles. The van der Waals surface area contributed by atoms with Crippen molar-refractivity contribution >= 4 is 11.6 Å². The zero-order valence-electron chi connectivity index (χ0n) is 8.66. The molecule has 0 fully saturated rings. The molecular weight excluding hydrogens is 208 g/mol. The van der Waals surface area contributed by atoms with E-state index in [1.54, 1.807) is 0 Å². The molecule has 2 aromatic rings. The van der Waals surface area contributed by atoms with Crippen molar-refractivity contribution in [3.8, 4) is 11.3 Å². The van der Waals surface area contributed by atoms with Crippen LogP contribution >= 0.6 is 11.6 Å². The zero-order valence-corrected chi connectivity index (χ0v) is 9.42. The van der Waals surface area contributed by atoms with Gasteiger partial charge in [0.15, 0.2) is 0 Å². The fraction of sp³-hybridized carbons (Fsp3) is 0.167. The van der Waals surface area contributed by atoms with E-state index in [4.69, 9.17) is 11.6 Å². The molecule has 0 amide bonds. The summed E-state index contributed by atoms with van der Waals surface area (Å²) in [6.07, 6.45) is 1.49. The van der Waals surface area contributed by atoms with Crippen LogP contribution in [-0.2, 0) is 0 Å². The molecule has 0 unspecified atom stereocenters. The number of halogens is 1. The summed E-state index contributed by atoms with van der Waals surface area (Å²) in [5.74, 6) is 0. The average molecular weight is 219 g/mol. The Balaban J connectivity index is 2.54. The van der Waals surface area contributed by atoms with Crippen LogP contribution in [0.25, 0.3) is 11.3 Å². The van der Waals surface area contributed by atoms with Crippen molar-refractivity contribution in [1.29, 1.82) is 0 Å². The molecule has 0 bridgehead atoms. The van der Waals surface area contributed by atoms with Gasteiger partial charge in [-0.1, -0.05) is 41.4 Å². The van der Waals surface area contributed by atoms with Crippen molar-refractivity contribution in [3.05, 3.63) is 46.9 Å². The third kappa shape index (κ3) is 2.00. The number of aromatic nitrogens is 2. The molecule has 0 spiro atoms. The molecule has 0 atom stereocenters. The Bertz CT molecular complexity index is 477. The molecule has 3 heteroatoms. The number of benzene rings is 1. The maximum absolute atomic E-state index is 5.94. The molecule has 76 valence electrons. The topological polar surface area (TPSA) is 25.8 Å². The van der Waals surface area contributed by atoms with E-state index in [2.05, 4.69) is 29.0 Å². The fourth-order valence-electron chi connectivity index (χ4n) is 1.43. The van der Waals surface area contributed by atoms with E-state index in [0.717, 1.165) is 16.8 Å². The largest absolute Gasteiger partial charge is 0.236 e. The van der Waals surface area contributed by atoms with Crippen LogP contribution in [0.15, 0.2) is 30.6 Å². The Morgan fingerprint density at radius 3 is 2.33 bits per heavy atom. The van der Waals surface area contributed by atoms with Gasteiger partial charge in [0.1, 0.15) is 11.5 Å². The summed E-state index contributed by atoms with van der Waals surface area (Å²) >= 11 is 5.94. The highest BCUT2D eigenvalue weighted by Crippen LogP contribution is 2.24. The number of hydrogen-bond donors (Lipinski definition) is 0. The summed E-state index contributed by atoms with van der Waals surface area (Å²) in [4.78, 5) is 8.18. The van der Waals surface area contributed by atoms with Crippen molar-refractivity contribution in [1.82, 2.24) is 9.97 Å². The van der Waals surface area contributed by atoms with Gasteiger partial charge in [-0.15, -0.1) is 0 Å². The Morgan fingerprint density at radius 1 is 1.00 bits per heavy atom. The van der Waals surface area contributed by atoms with Gasteiger partial charge in [-0.2, -0.15) is 0 Å². The standard InChI is InChI=1S/C12H11ClN2/c1-8-3-5-10(6-4-8)11-9(2)12(13)15-7-14-11/h3-7H,1-2H3. The quantitative estimate of drug-likeness (QED) is 0.686. The van der Waals surface area contributed by atoms with Crippen LogP contribution in [0.2, 0.25) is 5.15 Å². The molecular formula is C12H11ClN2. The number of nitrogens with zero attached hydrogens (tertiary/aromatic N) is 2. The van der Waals surface area contributed by atoms with E-state index in [0.29, 0.717) is 5.15 Å². The van der Waals surface area contributed by atoms with E-state index < -0.39 is 0 Å². The molecule has 0 saturated carbocycles. The van der Waals surface area contributed by atoms with E-state index in [9.17, 15) is 0 Å². The molecule has 2 nitrogen and oxygen atoms in total. The Hall–Kier alpha value is -1.41. The summed E-state index contributed by atoms with van der Waals surface area (Å²) in [7, 11) is 0. The summed E-state index contributed by atoms with van der Waals surface area (Å²) < 4.78 is 0. The third-order valence-corrected chi connectivity index (χ3v) is 2.73. The maximum atomic E-state index is 5.94. The normalized spacial score (nSPS) is 10.3. The highest BCUT2D eigenvalue weighted by molar-refractivity contribution is 6.30. The van der Waals surface area contributed by atoms with Crippen LogP contribution in [0.4, 0.5) is 0 Å². The van der Waals surface area contributed by atoms with Crippen molar-refractivity contribution < 1.29 is 0 Å². The lowest BCUT2D eigenvalue weighted by Crippen LogP contribution is -1.91. The summed E-state index contributed by atoms with van der Waals surface area (Å²) in [6.45, 7) is 3.99. The number of rotatable bonds is 1. The van der Waals surface area contributed by atoms with E-state index in [1.807, 2.05) is 19.1 Å². The number of hydrogen-bond acceptors (Lipinski definition) is 2. The molecule has 15 heavy (non-hydrogen) atoms. The minimum absolute atomic E-state index is 0.514. The first kappa shape index (κ1) is 10.1. The van der Waals surface area contributed by atoms with Crippen molar-refractivity contribution in [2.45, 2.75) is 13.8 Å². The molecule has 1 aromatic carbocycles. The minimum Gasteiger partial charge on any atom is -0.236 e. The van der Waals surface area contributed by atoms with Gasteiger partial charge >= 0.3 is 0 Å². The Kier molecular flexibility index (Phi) is 2.69. The highest BCUT2D eigenvalue weighted by atomic mass is 35.5. The minimum atomic E-state index is 0.514. The van der Waals surface area contributed by atoms with E-state index >= 15 is 0 Å². The average Bonchev–Trinajstić information content (AvgIpc) is 2.24. The monoisotopic (exact) mass is 218 g/mol. The second-order valence-corrected chi connectivity index (χ2v) is 3.86. The van der Waals surface area contributed by atoms with Gasteiger partial charge in [-0.25, -0.2) is 9.97 Å². The van der Waals surface area contributed by atoms with Gasteiger partial charge in [0.25, 0.3) is 0 Å². The lowest BCUT2D eigenvalue weighted by molar-refractivity contribution is 1.13. The van der Waals surface area contributed by atoms with Crippen LogP contribution in [0, 0.1) is 13.8 Å². The van der Waals surface area contributed by atoms with Crippen LogP contribution in [-0.4, -0.2) is 9.97 Å². The zero-order chi connectivity index (χ0) is 10.8. The molecule has 1 heterocycles. The second-order valence-electron chi connectivity index (χ2n) is 3.50. The fourth-order valence-corrected chi connectivity index (χ4v) is 1.56. The van der Waals surface area contributed by atoms with Crippen molar-refractivity contribution in [2.24, 2.45) is 0 Å². The number of aryl methyl sites for hydroxylation is 1. The SMILES string of the molecule is Cc1ccc(-c2ncnc(Cl)c2C)cc1. The van der Waals surface area contributed by atoms with E-state index in [1.165, 1.54) is 11.9 Å². The smallest absolute Gasteiger partial charge is 0.135 e. The van der Waals surface area contributed by atoms with Gasteiger partial charge in [-0.3, -0.25) is 0 Å². The first-order chi connectivity index (χ1) is 7.18. The summed E-state index contributed by atoms with van der Waals surface area (Å²) in [5, 5.41) is 0.514. The molecule has 2 rings (SSSR count). The van der Waals surface area contributed by atoms with Crippen LogP contribution in [0.1, 0.15) is 11.1 Å². The van der Waals surface area contributed by atoms with Gasteiger partial charge in [-0.05, 0) is 13.8 Å². The Labute approximate surface area is 94.0 Å². The predicted octanol–water partition coefficient (Wildman–Crippen LogP) is 3.41. The first-order valence-corrected chi connectivity index (χ1v) is 5.10. The molecule has 0 N–H and O–H groups in total. The second kappa shape index (κ2) is 3.99. The predicted molar refractivity (Wildman–Crippen MR) is 62.0 cm³/mol. The summed E-state index contributed by atoms with van der Waals surface area (Å²) in [6, 6.07) is 8.21.